The Kier molecular flexibility index (Phi) is 4.17. The number of amides is 1. The lowest BCUT2D eigenvalue weighted by molar-refractivity contribution is -0.114. The molecule has 1 amide bonds. The summed E-state index contributed by atoms with van der Waals surface area (Å²) in [5.41, 5.74) is 5.28. The van der Waals surface area contributed by atoms with Crippen molar-refractivity contribution in [3.63, 3.8) is 0 Å². The van der Waals surface area contributed by atoms with Gasteiger partial charge in [-0.25, -0.2) is 0 Å². The van der Waals surface area contributed by atoms with E-state index in [-0.39, 0.29) is 5.91 Å². The van der Waals surface area contributed by atoms with Crippen LogP contribution < -0.4 is 5.32 Å². The van der Waals surface area contributed by atoms with Gasteiger partial charge in [0.15, 0.2) is 0 Å². The van der Waals surface area contributed by atoms with E-state index in [2.05, 4.69) is 5.32 Å². The van der Waals surface area contributed by atoms with Crippen LogP contribution in [-0.2, 0) is 4.79 Å². The maximum Gasteiger partial charge on any atom is 0.221 e. The maximum absolute atomic E-state index is 11.3. The summed E-state index contributed by atoms with van der Waals surface area (Å²) in [5, 5.41) is 13.1. The standard InChI is InChI=1S/C15H21NO2/c1-8(2)7-13-11(5)14(16-12(6)17)9(3)10(4)15(13)18/h7,18H,1-6H3,(H,16,17). The van der Waals surface area contributed by atoms with Crippen LogP contribution in [0.15, 0.2) is 5.57 Å². The summed E-state index contributed by atoms with van der Waals surface area (Å²) in [5.74, 6) is 0.190. The molecule has 1 aromatic rings. The Balaban J connectivity index is 3.59. The van der Waals surface area contributed by atoms with Crippen molar-refractivity contribution in [1.82, 2.24) is 0 Å². The van der Waals surface area contributed by atoms with Crippen LogP contribution in [0, 0.1) is 20.8 Å². The Hall–Kier alpha value is -1.77. The molecule has 0 aliphatic rings. The topological polar surface area (TPSA) is 49.3 Å². The van der Waals surface area contributed by atoms with Crippen molar-refractivity contribution >= 4 is 17.7 Å². The quantitative estimate of drug-likeness (QED) is 0.783. The fraction of sp³-hybridized carbons (Fsp3) is 0.400. The number of aromatic hydroxyl groups is 1. The molecule has 3 nitrogen and oxygen atoms in total. The number of phenols is 1. The van der Waals surface area contributed by atoms with Gasteiger partial charge in [-0.15, -0.1) is 0 Å². The van der Waals surface area contributed by atoms with Crippen LogP contribution in [0.1, 0.15) is 43.0 Å². The Morgan fingerprint density at radius 2 is 1.61 bits per heavy atom. The lowest BCUT2D eigenvalue weighted by Crippen LogP contribution is -2.10. The maximum atomic E-state index is 11.3. The highest BCUT2D eigenvalue weighted by Crippen LogP contribution is 2.36. The Bertz CT molecular complexity index is 524. The molecule has 1 rings (SSSR count). The molecule has 0 heterocycles. The largest absolute Gasteiger partial charge is 0.507 e. The fourth-order valence-corrected chi connectivity index (χ4v) is 1.99. The number of benzene rings is 1. The number of rotatable bonds is 2. The zero-order valence-electron chi connectivity index (χ0n) is 11.9. The van der Waals surface area contributed by atoms with Crippen molar-refractivity contribution in [2.24, 2.45) is 0 Å². The lowest BCUT2D eigenvalue weighted by Gasteiger charge is -2.18. The van der Waals surface area contributed by atoms with Crippen molar-refractivity contribution in [3.8, 4) is 5.75 Å². The zero-order valence-corrected chi connectivity index (χ0v) is 11.9. The van der Waals surface area contributed by atoms with Gasteiger partial charge in [0.1, 0.15) is 5.75 Å². The molecule has 0 aliphatic heterocycles. The molecule has 2 N–H and O–H groups in total. The minimum atomic E-state index is -0.102. The summed E-state index contributed by atoms with van der Waals surface area (Å²) in [7, 11) is 0. The van der Waals surface area contributed by atoms with E-state index in [1.54, 1.807) is 0 Å². The first-order chi connectivity index (χ1) is 8.25. The van der Waals surface area contributed by atoms with Crippen LogP contribution in [0.5, 0.6) is 5.75 Å². The lowest BCUT2D eigenvalue weighted by atomic mass is 9.95. The third-order valence-corrected chi connectivity index (χ3v) is 3.06. The van der Waals surface area contributed by atoms with Gasteiger partial charge in [-0.3, -0.25) is 4.79 Å². The zero-order chi connectivity index (χ0) is 14.0. The number of allylic oxidation sites excluding steroid dienone is 1. The molecular weight excluding hydrogens is 226 g/mol. The van der Waals surface area contributed by atoms with Crippen LogP contribution in [0.4, 0.5) is 5.69 Å². The van der Waals surface area contributed by atoms with Gasteiger partial charge in [0.25, 0.3) is 0 Å². The SMILES string of the molecule is CC(=O)Nc1c(C)c(C)c(O)c(C=C(C)C)c1C. The second kappa shape index (κ2) is 5.25. The highest BCUT2D eigenvalue weighted by Gasteiger charge is 2.16. The molecular formula is C15H21NO2. The number of nitrogens with one attached hydrogen (secondary N) is 1. The van der Waals surface area contributed by atoms with E-state index in [4.69, 9.17) is 0 Å². The van der Waals surface area contributed by atoms with E-state index in [1.807, 2.05) is 40.7 Å². The van der Waals surface area contributed by atoms with Gasteiger partial charge < -0.3 is 10.4 Å². The number of carbonyl (C=O) groups is 1. The van der Waals surface area contributed by atoms with Crippen LogP contribution in [0.3, 0.4) is 0 Å². The summed E-state index contributed by atoms with van der Waals surface area (Å²) < 4.78 is 0. The molecule has 0 aromatic heterocycles. The Morgan fingerprint density at radius 3 is 2.06 bits per heavy atom. The van der Waals surface area contributed by atoms with Crippen molar-refractivity contribution in [2.75, 3.05) is 5.32 Å². The molecule has 0 spiro atoms. The van der Waals surface area contributed by atoms with Crippen molar-refractivity contribution < 1.29 is 9.90 Å². The van der Waals surface area contributed by atoms with Crippen LogP contribution in [0.25, 0.3) is 6.08 Å². The van der Waals surface area contributed by atoms with Crippen molar-refractivity contribution in [2.45, 2.75) is 41.5 Å². The number of hydrogen-bond acceptors (Lipinski definition) is 2. The summed E-state index contributed by atoms with van der Waals surface area (Å²) >= 11 is 0. The highest BCUT2D eigenvalue weighted by molar-refractivity contribution is 5.92. The van der Waals surface area contributed by atoms with Gasteiger partial charge in [-0.2, -0.15) is 0 Å². The number of hydrogen-bond donors (Lipinski definition) is 2. The monoisotopic (exact) mass is 247 g/mol. The molecule has 18 heavy (non-hydrogen) atoms. The molecule has 0 saturated carbocycles. The molecule has 0 bridgehead atoms. The normalized spacial score (nSPS) is 10.1. The van der Waals surface area contributed by atoms with Gasteiger partial charge in [-0.05, 0) is 51.3 Å². The van der Waals surface area contributed by atoms with Crippen LogP contribution in [0.2, 0.25) is 0 Å². The average Bonchev–Trinajstić information content (AvgIpc) is 2.27. The predicted molar refractivity (Wildman–Crippen MR) is 75.9 cm³/mol. The van der Waals surface area contributed by atoms with E-state index in [0.717, 1.165) is 33.5 Å². The minimum Gasteiger partial charge on any atom is -0.507 e. The minimum absolute atomic E-state index is 0.102. The van der Waals surface area contributed by atoms with Gasteiger partial charge >= 0.3 is 0 Å². The van der Waals surface area contributed by atoms with Crippen LogP contribution in [-0.4, -0.2) is 11.0 Å². The molecule has 0 radical (unpaired) electrons. The Labute approximate surface area is 109 Å². The summed E-state index contributed by atoms with van der Waals surface area (Å²) in [6.45, 7) is 11.1. The predicted octanol–water partition coefficient (Wildman–Crippen LogP) is 3.70. The molecule has 98 valence electrons. The second-order valence-electron chi connectivity index (χ2n) is 4.92. The van der Waals surface area contributed by atoms with Gasteiger partial charge in [0.05, 0.1) is 0 Å². The molecule has 1 aromatic carbocycles. The smallest absolute Gasteiger partial charge is 0.221 e. The molecule has 0 aliphatic carbocycles. The summed E-state index contributed by atoms with van der Waals surface area (Å²) in [6, 6.07) is 0. The summed E-state index contributed by atoms with van der Waals surface area (Å²) in [4.78, 5) is 11.3. The van der Waals surface area contributed by atoms with Crippen LogP contribution >= 0.6 is 0 Å². The molecule has 0 fully saturated rings. The molecule has 0 atom stereocenters. The first-order valence-corrected chi connectivity index (χ1v) is 6.01. The molecule has 0 unspecified atom stereocenters. The third-order valence-electron chi connectivity index (χ3n) is 3.06. The average molecular weight is 247 g/mol. The number of phenolic OH excluding ortho intramolecular Hbond substituents is 1. The van der Waals surface area contributed by atoms with Crippen molar-refractivity contribution in [3.05, 3.63) is 27.8 Å². The molecule has 3 heteroatoms. The fourth-order valence-electron chi connectivity index (χ4n) is 1.99. The van der Waals surface area contributed by atoms with Crippen molar-refractivity contribution in [1.29, 1.82) is 0 Å². The summed E-state index contributed by atoms with van der Waals surface area (Å²) in [6.07, 6.45) is 1.93. The van der Waals surface area contributed by atoms with Gasteiger partial charge in [0, 0.05) is 18.2 Å². The number of carbonyl (C=O) groups excluding carboxylic acids is 1. The Morgan fingerprint density at radius 1 is 1.06 bits per heavy atom. The van der Waals surface area contributed by atoms with E-state index in [0.29, 0.717) is 5.75 Å². The van der Waals surface area contributed by atoms with E-state index in [9.17, 15) is 9.90 Å². The van der Waals surface area contributed by atoms with E-state index < -0.39 is 0 Å². The first kappa shape index (κ1) is 14.3. The van der Waals surface area contributed by atoms with E-state index in [1.165, 1.54) is 6.92 Å². The number of anilines is 1. The molecule has 0 saturated heterocycles. The van der Waals surface area contributed by atoms with Gasteiger partial charge in [0.2, 0.25) is 5.91 Å². The third kappa shape index (κ3) is 2.73. The van der Waals surface area contributed by atoms with Gasteiger partial charge in [-0.1, -0.05) is 11.6 Å². The highest BCUT2D eigenvalue weighted by atomic mass is 16.3. The van der Waals surface area contributed by atoms with E-state index >= 15 is 0 Å². The first-order valence-electron chi connectivity index (χ1n) is 6.01. The second-order valence-corrected chi connectivity index (χ2v) is 4.92.